The number of ether oxygens (including phenoxy) is 2. The molecule has 0 fully saturated rings. The van der Waals surface area contributed by atoms with Crippen LogP contribution in [0.1, 0.15) is 50.9 Å². The molecule has 3 N–H and O–H groups in total. The molecule has 3 aromatic heterocycles. The summed E-state index contributed by atoms with van der Waals surface area (Å²) in [6, 6.07) is 9.43. The van der Waals surface area contributed by atoms with E-state index in [-0.39, 0.29) is 24.5 Å². The molecule has 3 heterocycles. The van der Waals surface area contributed by atoms with E-state index < -0.39 is 6.04 Å². The number of fused-ring (bicyclic) bond motifs is 1. The highest BCUT2D eigenvalue weighted by Gasteiger charge is 2.28. The summed E-state index contributed by atoms with van der Waals surface area (Å²) in [6.45, 7) is 9.01. The molecule has 0 saturated carbocycles. The van der Waals surface area contributed by atoms with Gasteiger partial charge in [-0.3, -0.25) is 4.98 Å². The number of carbonyl (C=O) groups excluding carboxylic acids is 1. The first-order chi connectivity index (χ1) is 19.1. The van der Waals surface area contributed by atoms with Crippen molar-refractivity contribution in [2.75, 3.05) is 27.9 Å². The maximum absolute atomic E-state index is 10.9. The number of aliphatic hydroxyl groups is 1. The van der Waals surface area contributed by atoms with Gasteiger partial charge in [-0.2, -0.15) is 4.98 Å². The third-order valence-electron chi connectivity index (χ3n) is 6.71. The highest BCUT2D eigenvalue weighted by atomic mass is 16.5. The van der Waals surface area contributed by atoms with Crippen LogP contribution in [-0.4, -0.2) is 65.1 Å². The summed E-state index contributed by atoms with van der Waals surface area (Å²) >= 11 is 0. The van der Waals surface area contributed by atoms with Crippen LogP contribution in [0.15, 0.2) is 41.1 Å². The average molecular weight is 552 g/mol. The van der Waals surface area contributed by atoms with E-state index >= 15 is 0 Å². The average Bonchev–Trinajstić information content (AvgIpc) is 3.54. The Kier molecular flexibility index (Phi) is 10.7. The van der Waals surface area contributed by atoms with Crippen molar-refractivity contribution >= 4 is 17.2 Å². The lowest BCUT2D eigenvalue weighted by Gasteiger charge is -2.23. The molecule has 2 unspecified atom stereocenters. The second-order valence-electron chi connectivity index (χ2n) is 10.5. The van der Waals surface area contributed by atoms with E-state index in [9.17, 15) is 9.90 Å². The molecule has 1 aromatic carbocycles. The van der Waals surface area contributed by atoms with Gasteiger partial charge in [0.05, 0.1) is 23.5 Å². The van der Waals surface area contributed by atoms with Gasteiger partial charge in [-0.1, -0.05) is 19.0 Å². The number of aryl methyl sites for hydroxylation is 1. The Morgan fingerprint density at radius 3 is 2.58 bits per heavy atom. The monoisotopic (exact) mass is 551 g/mol. The number of nitrogens with two attached hydrogens (primary N) is 1. The molecule has 10 nitrogen and oxygen atoms in total. The van der Waals surface area contributed by atoms with Crippen LogP contribution < -0.4 is 5.73 Å². The lowest BCUT2D eigenvalue weighted by Crippen LogP contribution is -2.24. The fourth-order valence-electron chi connectivity index (χ4n) is 4.67. The largest absolute Gasteiger partial charge is 0.396 e. The van der Waals surface area contributed by atoms with Crippen molar-refractivity contribution in [2.24, 2.45) is 11.1 Å². The first kappa shape index (κ1) is 31.1. The Hall–Kier alpha value is -3.44. The van der Waals surface area contributed by atoms with Gasteiger partial charge >= 0.3 is 0 Å². The molecule has 4 rings (SSSR count). The van der Waals surface area contributed by atoms with Gasteiger partial charge in [0, 0.05) is 69.1 Å². The van der Waals surface area contributed by atoms with E-state index in [4.69, 9.17) is 15.0 Å². The molecule has 0 radical (unpaired) electrons. The van der Waals surface area contributed by atoms with Crippen molar-refractivity contribution < 1.29 is 23.9 Å². The Labute approximate surface area is 235 Å². The zero-order valence-electron chi connectivity index (χ0n) is 24.5. The zero-order chi connectivity index (χ0) is 29.4. The number of pyridine rings is 1. The second kappa shape index (κ2) is 13.8. The minimum atomic E-state index is -0.688. The first-order valence-corrected chi connectivity index (χ1v) is 13.3. The molecule has 216 valence electrons. The van der Waals surface area contributed by atoms with Crippen LogP contribution in [0.2, 0.25) is 0 Å². The van der Waals surface area contributed by atoms with E-state index in [1.54, 1.807) is 27.5 Å². The summed E-state index contributed by atoms with van der Waals surface area (Å²) in [4.78, 5) is 20.1. The number of nitrogens with zero attached hydrogens (tertiary/aromatic N) is 4. The minimum absolute atomic E-state index is 0.0461. The number of hydrogen-bond acceptors (Lipinski definition) is 9. The molecule has 0 aliphatic heterocycles. The molecule has 0 saturated heterocycles. The van der Waals surface area contributed by atoms with Gasteiger partial charge in [0.1, 0.15) is 6.29 Å². The molecule has 10 heteroatoms. The predicted molar refractivity (Wildman–Crippen MR) is 155 cm³/mol. The topological polar surface area (TPSA) is 139 Å². The number of aldehydes is 1. The summed E-state index contributed by atoms with van der Waals surface area (Å²) < 4.78 is 17.5. The van der Waals surface area contributed by atoms with E-state index in [1.165, 1.54) is 0 Å². The van der Waals surface area contributed by atoms with Crippen LogP contribution in [0.3, 0.4) is 0 Å². The summed E-state index contributed by atoms with van der Waals surface area (Å²) in [5, 5.41) is 15.3. The minimum Gasteiger partial charge on any atom is -0.396 e. The van der Waals surface area contributed by atoms with E-state index in [0.717, 1.165) is 45.5 Å². The van der Waals surface area contributed by atoms with Gasteiger partial charge in [0.25, 0.3) is 0 Å². The molecule has 40 heavy (non-hydrogen) atoms. The van der Waals surface area contributed by atoms with Crippen molar-refractivity contribution in [1.29, 1.82) is 0 Å². The van der Waals surface area contributed by atoms with Crippen LogP contribution in [0.4, 0.5) is 0 Å². The fourth-order valence-corrected chi connectivity index (χ4v) is 4.67. The van der Waals surface area contributed by atoms with Crippen LogP contribution in [-0.2, 0) is 33.7 Å². The molecule has 0 aliphatic rings. The van der Waals surface area contributed by atoms with Crippen LogP contribution in [0.25, 0.3) is 33.5 Å². The lowest BCUT2D eigenvalue weighted by molar-refractivity contribution is -0.109. The van der Waals surface area contributed by atoms with Gasteiger partial charge in [-0.05, 0) is 61.6 Å². The summed E-state index contributed by atoms with van der Waals surface area (Å²) in [5.41, 5.74) is 11.3. The van der Waals surface area contributed by atoms with Crippen LogP contribution in [0, 0.1) is 5.41 Å². The van der Waals surface area contributed by atoms with Gasteiger partial charge in [0.2, 0.25) is 11.7 Å². The molecule has 0 aliphatic carbocycles. The first-order valence-electron chi connectivity index (χ1n) is 13.3. The highest BCUT2D eigenvalue weighted by Crippen LogP contribution is 2.41. The fraction of sp³-hybridized carbons (Fsp3) is 0.467. The van der Waals surface area contributed by atoms with Gasteiger partial charge in [-0.15, -0.1) is 0 Å². The van der Waals surface area contributed by atoms with Crippen LogP contribution >= 0.6 is 0 Å². The number of carbonyl (C=O) groups is 1. The number of aliphatic hydroxyl groups excluding tert-OH is 1. The Morgan fingerprint density at radius 1 is 1.23 bits per heavy atom. The molecule has 4 aromatic rings. The maximum Gasteiger partial charge on any atom is 0.228 e. The summed E-state index contributed by atoms with van der Waals surface area (Å²) in [6.07, 6.45) is 3.09. The van der Waals surface area contributed by atoms with Gasteiger partial charge in [0.15, 0.2) is 0 Å². The Balaban J connectivity index is 0.00000141. The second-order valence-corrected chi connectivity index (χ2v) is 10.5. The van der Waals surface area contributed by atoms with Gasteiger partial charge < -0.3 is 34.2 Å². The normalized spacial score (nSPS) is 13.1. The zero-order valence-corrected chi connectivity index (χ0v) is 24.5. The Bertz CT molecular complexity index is 1410. The van der Waals surface area contributed by atoms with Crippen molar-refractivity contribution in [3.63, 3.8) is 0 Å². The number of rotatable bonds is 11. The quantitative estimate of drug-likeness (QED) is 0.260. The third-order valence-corrected chi connectivity index (χ3v) is 6.71. The predicted octanol–water partition coefficient (Wildman–Crippen LogP) is 4.37. The molecule has 2 atom stereocenters. The number of aromatic nitrogens is 4. The number of methoxy groups -OCH3 is 2. The van der Waals surface area contributed by atoms with Gasteiger partial charge in [-0.25, -0.2) is 0 Å². The van der Waals surface area contributed by atoms with Crippen molar-refractivity contribution in [3.05, 3.63) is 53.7 Å². The lowest BCUT2D eigenvalue weighted by atomic mass is 9.84. The standard InChI is InChI=1S/C28H35N5O4.C2H6O/c1-6-33-23-10-9-18(27-31-24(37-32-27)13-19(29)15-34)12-21(23)22(14-28(3,4)16-35)26(33)20-8-7-11-30-25(20)17(2)36-5;1-3-2/h7-12,15,17,19,35H,6,13-14,16,29H2,1-5H3;1-2H3. The molecular weight excluding hydrogens is 510 g/mol. The maximum atomic E-state index is 10.9. The van der Waals surface area contributed by atoms with Crippen LogP contribution in [0.5, 0.6) is 0 Å². The van der Waals surface area contributed by atoms with E-state index in [0.29, 0.717) is 24.4 Å². The summed E-state index contributed by atoms with van der Waals surface area (Å²) in [5.74, 6) is 0.750. The van der Waals surface area contributed by atoms with E-state index in [2.05, 4.69) is 63.4 Å². The Morgan fingerprint density at radius 2 is 1.95 bits per heavy atom. The third kappa shape index (κ3) is 6.82. The van der Waals surface area contributed by atoms with Crippen molar-refractivity contribution in [3.8, 4) is 22.6 Å². The number of hydrogen-bond donors (Lipinski definition) is 2. The smallest absolute Gasteiger partial charge is 0.228 e. The molecule has 0 spiro atoms. The SMILES string of the molecule is CCn1c(-c2cccnc2C(C)OC)c(CC(C)(C)CO)c2cc(-c3noc(CC(N)C=O)n3)ccc21.COC. The van der Waals surface area contributed by atoms with Crippen molar-refractivity contribution in [1.82, 2.24) is 19.7 Å². The van der Waals surface area contributed by atoms with Crippen molar-refractivity contribution in [2.45, 2.75) is 59.2 Å². The molecular formula is C30H41N5O5. The highest BCUT2D eigenvalue weighted by molar-refractivity contribution is 5.94. The van der Waals surface area contributed by atoms with E-state index in [1.807, 2.05) is 19.1 Å². The number of benzene rings is 1. The molecule has 0 amide bonds. The molecule has 0 bridgehead atoms. The summed E-state index contributed by atoms with van der Waals surface area (Å²) in [7, 11) is 4.93.